The molecule has 1 unspecified atom stereocenters. The van der Waals surface area contributed by atoms with Gasteiger partial charge in [0.05, 0.1) is 0 Å². The van der Waals surface area contributed by atoms with Crippen LogP contribution in [-0.2, 0) is 0 Å². The van der Waals surface area contributed by atoms with E-state index in [1.54, 1.807) is 0 Å². The molecule has 0 N–H and O–H groups in total. The second-order valence-corrected chi connectivity index (χ2v) is 8.05. The van der Waals surface area contributed by atoms with Crippen molar-refractivity contribution in [2.45, 2.75) is 93.4 Å². The van der Waals surface area contributed by atoms with E-state index in [4.69, 9.17) is 0 Å². The first-order valence-corrected chi connectivity index (χ1v) is 7.66. The Bertz CT molecular complexity index is 183. The highest BCUT2D eigenvalue weighted by atomic mass is 14.3. The molecule has 0 aliphatic carbocycles. The van der Waals surface area contributed by atoms with Crippen LogP contribution in [0.4, 0.5) is 0 Å². The lowest BCUT2D eigenvalue weighted by Crippen LogP contribution is -2.19. The van der Waals surface area contributed by atoms with E-state index in [1.807, 2.05) is 0 Å². The van der Waals surface area contributed by atoms with Crippen LogP contribution in [0, 0.1) is 16.7 Å². The van der Waals surface area contributed by atoms with Crippen molar-refractivity contribution in [2.24, 2.45) is 16.7 Å². The molecular weight excluding hydrogens is 204 g/mol. The predicted molar refractivity (Wildman–Crippen MR) is 80.4 cm³/mol. The SMILES string of the molecule is CCCCCCC(C)(C)CC(C)CC(C)(C)C. The molecule has 0 heteroatoms. The van der Waals surface area contributed by atoms with Gasteiger partial charge < -0.3 is 0 Å². The zero-order valence-electron chi connectivity index (χ0n) is 13.5. The molecule has 0 bridgehead atoms. The molecule has 1 atom stereocenters. The second kappa shape index (κ2) is 7.44. The van der Waals surface area contributed by atoms with E-state index in [0.717, 1.165) is 5.92 Å². The Hall–Kier alpha value is 0. The van der Waals surface area contributed by atoms with Crippen molar-refractivity contribution >= 4 is 0 Å². The molecule has 0 aliphatic rings. The largest absolute Gasteiger partial charge is 0.0654 e. The van der Waals surface area contributed by atoms with Gasteiger partial charge in [-0.15, -0.1) is 0 Å². The van der Waals surface area contributed by atoms with Gasteiger partial charge in [-0.05, 0) is 36.0 Å². The van der Waals surface area contributed by atoms with Gasteiger partial charge in [-0.25, -0.2) is 0 Å². The highest BCUT2D eigenvalue weighted by Crippen LogP contribution is 2.36. The summed E-state index contributed by atoms with van der Waals surface area (Å²) in [5.74, 6) is 0.858. The van der Waals surface area contributed by atoms with Gasteiger partial charge in [-0.1, -0.05) is 74.1 Å². The van der Waals surface area contributed by atoms with Crippen molar-refractivity contribution in [1.29, 1.82) is 0 Å². The summed E-state index contributed by atoms with van der Waals surface area (Å²) in [6, 6.07) is 0. The van der Waals surface area contributed by atoms with Crippen LogP contribution in [0.25, 0.3) is 0 Å². The predicted octanol–water partition coefficient (Wildman–Crippen LogP) is 6.45. The van der Waals surface area contributed by atoms with Gasteiger partial charge in [0.2, 0.25) is 0 Å². The topological polar surface area (TPSA) is 0 Å². The molecule has 0 spiro atoms. The van der Waals surface area contributed by atoms with Crippen LogP contribution in [0.2, 0.25) is 0 Å². The van der Waals surface area contributed by atoms with E-state index in [0.29, 0.717) is 10.8 Å². The standard InChI is InChI=1S/C17H36/c1-8-9-10-11-12-17(6,7)14-15(2)13-16(3,4)5/h15H,8-14H2,1-7H3. The van der Waals surface area contributed by atoms with E-state index in [2.05, 4.69) is 48.5 Å². The molecule has 0 saturated carbocycles. The number of hydrogen-bond acceptors (Lipinski definition) is 0. The van der Waals surface area contributed by atoms with Gasteiger partial charge in [0.25, 0.3) is 0 Å². The Kier molecular flexibility index (Phi) is 7.44. The number of unbranched alkanes of at least 4 members (excludes halogenated alkanes) is 3. The van der Waals surface area contributed by atoms with Crippen LogP contribution >= 0.6 is 0 Å². The molecule has 0 saturated heterocycles. The highest BCUT2D eigenvalue weighted by molar-refractivity contribution is 4.75. The Labute approximate surface area is 111 Å². The van der Waals surface area contributed by atoms with Crippen LogP contribution in [0.3, 0.4) is 0 Å². The van der Waals surface area contributed by atoms with Crippen LogP contribution in [-0.4, -0.2) is 0 Å². The minimum atomic E-state index is 0.484. The third-order valence-electron chi connectivity index (χ3n) is 3.57. The summed E-state index contributed by atoms with van der Waals surface area (Å²) < 4.78 is 0. The summed E-state index contributed by atoms with van der Waals surface area (Å²) in [6.07, 6.45) is 9.74. The summed E-state index contributed by atoms with van der Waals surface area (Å²) >= 11 is 0. The first-order valence-electron chi connectivity index (χ1n) is 7.66. The molecule has 104 valence electrons. The van der Waals surface area contributed by atoms with Gasteiger partial charge in [-0.3, -0.25) is 0 Å². The van der Waals surface area contributed by atoms with E-state index in [1.165, 1.54) is 44.9 Å². The molecule has 0 aromatic rings. The maximum atomic E-state index is 2.46. The fourth-order valence-corrected chi connectivity index (χ4v) is 3.19. The van der Waals surface area contributed by atoms with Crippen molar-refractivity contribution in [3.05, 3.63) is 0 Å². The van der Waals surface area contributed by atoms with Crippen LogP contribution in [0.1, 0.15) is 93.4 Å². The first kappa shape index (κ1) is 17.0. The smallest absolute Gasteiger partial charge is 0.0352 e. The van der Waals surface area contributed by atoms with E-state index in [-0.39, 0.29) is 0 Å². The average Bonchev–Trinajstić information content (AvgIpc) is 2.08. The summed E-state index contributed by atoms with van der Waals surface area (Å²) in [5.41, 5.74) is 1.02. The minimum Gasteiger partial charge on any atom is -0.0654 e. The summed E-state index contributed by atoms with van der Waals surface area (Å²) in [6.45, 7) is 16.7. The second-order valence-electron chi connectivity index (χ2n) is 8.05. The lowest BCUT2D eigenvalue weighted by atomic mass is 9.74. The van der Waals surface area contributed by atoms with Crippen molar-refractivity contribution in [3.63, 3.8) is 0 Å². The van der Waals surface area contributed by atoms with Crippen LogP contribution in [0.15, 0.2) is 0 Å². The Morgan fingerprint density at radius 3 is 1.88 bits per heavy atom. The average molecular weight is 240 g/mol. The quantitative estimate of drug-likeness (QED) is 0.428. The third kappa shape index (κ3) is 10.9. The molecule has 0 heterocycles. The molecule has 0 amide bonds. The highest BCUT2D eigenvalue weighted by Gasteiger charge is 2.23. The maximum absolute atomic E-state index is 2.46. The van der Waals surface area contributed by atoms with Gasteiger partial charge in [0.15, 0.2) is 0 Å². The van der Waals surface area contributed by atoms with Crippen molar-refractivity contribution in [1.82, 2.24) is 0 Å². The molecule has 0 aromatic heterocycles. The monoisotopic (exact) mass is 240 g/mol. The van der Waals surface area contributed by atoms with Crippen molar-refractivity contribution in [3.8, 4) is 0 Å². The molecule has 17 heavy (non-hydrogen) atoms. The Balaban J connectivity index is 3.90. The lowest BCUT2D eigenvalue weighted by molar-refractivity contribution is 0.203. The van der Waals surface area contributed by atoms with Gasteiger partial charge in [0, 0.05) is 0 Å². The Morgan fingerprint density at radius 1 is 0.824 bits per heavy atom. The number of rotatable bonds is 8. The van der Waals surface area contributed by atoms with Gasteiger partial charge >= 0.3 is 0 Å². The normalized spacial score (nSPS) is 15.0. The summed E-state index contributed by atoms with van der Waals surface area (Å²) in [4.78, 5) is 0. The number of hydrogen-bond donors (Lipinski definition) is 0. The summed E-state index contributed by atoms with van der Waals surface area (Å²) in [7, 11) is 0. The molecule has 0 rings (SSSR count). The van der Waals surface area contributed by atoms with Gasteiger partial charge in [-0.2, -0.15) is 0 Å². The van der Waals surface area contributed by atoms with E-state index < -0.39 is 0 Å². The van der Waals surface area contributed by atoms with E-state index >= 15 is 0 Å². The third-order valence-corrected chi connectivity index (χ3v) is 3.57. The fraction of sp³-hybridized carbons (Fsp3) is 1.00. The molecular formula is C17H36. The molecule has 0 aliphatic heterocycles. The molecule has 0 aromatic carbocycles. The van der Waals surface area contributed by atoms with Crippen molar-refractivity contribution in [2.75, 3.05) is 0 Å². The zero-order chi connectivity index (χ0) is 13.5. The molecule has 0 nitrogen and oxygen atoms in total. The van der Waals surface area contributed by atoms with E-state index in [9.17, 15) is 0 Å². The minimum absolute atomic E-state index is 0.484. The Morgan fingerprint density at radius 2 is 1.41 bits per heavy atom. The van der Waals surface area contributed by atoms with Crippen LogP contribution in [0.5, 0.6) is 0 Å². The maximum Gasteiger partial charge on any atom is -0.0352 e. The molecule has 0 radical (unpaired) electrons. The zero-order valence-corrected chi connectivity index (χ0v) is 13.5. The fourth-order valence-electron chi connectivity index (χ4n) is 3.19. The van der Waals surface area contributed by atoms with Crippen molar-refractivity contribution < 1.29 is 0 Å². The summed E-state index contributed by atoms with van der Waals surface area (Å²) in [5, 5.41) is 0. The first-order chi connectivity index (χ1) is 7.66. The molecule has 0 fully saturated rings. The van der Waals surface area contributed by atoms with Crippen LogP contribution < -0.4 is 0 Å². The van der Waals surface area contributed by atoms with Gasteiger partial charge in [0.1, 0.15) is 0 Å². The lowest BCUT2D eigenvalue weighted by Gasteiger charge is -2.31.